The van der Waals surface area contributed by atoms with E-state index in [0.29, 0.717) is 5.75 Å². The van der Waals surface area contributed by atoms with Gasteiger partial charge in [-0.05, 0) is 68.1 Å². The van der Waals surface area contributed by atoms with Gasteiger partial charge in [0.05, 0.1) is 7.11 Å². The molecule has 0 unspecified atom stereocenters. The van der Waals surface area contributed by atoms with Crippen LogP contribution in [0.5, 0.6) is 5.75 Å². The molecule has 25 heavy (non-hydrogen) atoms. The van der Waals surface area contributed by atoms with Gasteiger partial charge in [-0.2, -0.15) is 0 Å². The van der Waals surface area contributed by atoms with Gasteiger partial charge in [0.1, 0.15) is 17.3 Å². The number of benzene rings is 2. The number of ketones is 1. The van der Waals surface area contributed by atoms with Crippen molar-refractivity contribution in [2.75, 3.05) is 24.4 Å². The average Bonchev–Trinajstić information content (AvgIpc) is 2.97. The van der Waals surface area contributed by atoms with Crippen LogP contribution in [0.25, 0.3) is 21.8 Å². The molecule has 0 aliphatic carbocycles. The van der Waals surface area contributed by atoms with Crippen molar-refractivity contribution in [1.29, 1.82) is 0 Å². The van der Waals surface area contributed by atoms with Gasteiger partial charge in [-0.15, -0.1) is 0 Å². The zero-order valence-electron chi connectivity index (χ0n) is 15.5. The van der Waals surface area contributed by atoms with Crippen LogP contribution in [0.3, 0.4) is 0 Å². The van der Waals surface area contributed by atoms with Crippen LogP contribution in [0.1, 0.15) is 31.1 Å². The second-order valence-electron chi connectivity index (χ2n) is 6.12. The fourth-order valence-corrected chi connectivity index (χ4v) is 4.76. The van der Waals surface area contributed by atoms with E-state index in [2.05, 4.69) is 49.6 Å². The molecule has 132 valence electrons. The summed E-state index contributed by atoms with van der Waals surface area (Å²) in [5, 5.41) is 2.28. The van der Waals surface area contributed by atoms with Crippen molar-refractivity contribution in [2.24, 2.45) is 0 Å². The Morgan fingerprint density at radius 3 is 2.24 bits per heavy atom. The molecule has 4 heteroatoms. The van der Waals surface area contributed by atoms with Gasteiger partial charge in [-0.1, -0.05) is 0 Å². The molecule has 2 aromatic carbocycles. The first kappa shape index (κ1) is 17.9. The number of aromatic nitrogens is 1. The Kier molecular flexibility index (Phi) is 5.38. The molecular formula is C21H26NO2S+. The third-order valence-electron chi connectivity index (χ3n) is 4.86. The molecule has 3 rings (SSSR count). The number of carbonyl (C=O) groups is 1. The summed E-state index contributed by atoms with van der Waals surface area (Å²) in [7, 11) is 1.88. The molecule has 3 nitrogen and oxygen atoms in total. The molecule has 0 aliphatic heterocycles. The fourth-order valence-electron chi connectivity index (χ4n) is 3.40. The van der Waals surface area contributed by atoms with Gasteiger partial charge in [0, 0.05) is 33.9 Å². The maximum atomic E-state index is 12.7. The van der Waals surface area contributed by atoms with Crippen molar-refractivity contribution in [3.63, 3.8) is 0 Å². The summed E-state index contributed by atoms with van der Waals surface area (Å²) < 4.78 is 7.69. The summed E-state index contributed by atoms with van der Waals surface area (Å²) >= 11 is 0. The number of nitrogens with zero attached hydrogens (tertiary/aromatic N) is 1. The second-order valence-corrected chi connectivity index (χ2v) is 8.78. The minimum absolute atomic E-state index is 0.194. The largest absolute Gasteiger partial charge is 0.497 e. The second kappa shape index (κ2) is 7.52. The Labute approximate surface area is 152 Å². The Morgan fingerprint density at radius 2 is 1.64 bits per heavy atom. The van der Waals surface area contributed by atoms with Crippen LogP contribution < -0.4 is 4.74 Å². The van der Waals surface area contributed by atoms with Gasteiger partial charge in [0.2, 0.25) is 5.78 Å². The quantitative estimate of drug-likeness (QED) is 0.455. The number of fused-ring (bicyclic) bond motifs is 3. The van der Waals surface area contributed by atoms with E-state index >= 15 is 0 Å². The van der Waals surface area contributed by atoms with Gasteiger partial charge in [-0.3, -0.25) is 4.79 Å². The van der Waals surface area contributed by atoms with E-state index in [1.54, 1.807) is 7.11 Å². The van der Waals surface area contributed by atoms with Gasteiger partial charge in [0.25, 0.3) is 0 Å². The molecule has 0 saturated carbocycles. The van der Waals surface area contributed by atoms with E-state index in [-0.39, 0.29) is 16.7 Å². The monoisotopic (exact) mass is 356 g/mol. The maximum Gasteiger partial charge on any atom is 0.211 e. The van der Waals surface area contributed by atoms with E-state index in [0.717, 1.165) is 40.1 Å². The van der Waals surface area contributed by atoms with Crippen molar-refractivity contribution < 1.29 is 9.53 Å². The molecule has 0 aliphatic rings. The van der Waals surface area contributed by atoms with Crippen LogP contribution in [0.4, 0.5) is 0 Å². The number of hydrogen-bond acceptors (Lipinski definition) is 2. The topological polar surface area (TPSA) is 31.2 Å². The molecule has 0 bridgehead atoms. The molecule has 3 aromatic rings. The van der Waals surface area contributed by atoms with Crippen molar-refractivity contribution in [3.05, 3.63) is 42.0 Å². The van der Waals surface area contributed by atoms with Crippen molar-refractivity contribution in [3.8, 4) is 5.75 Å². The number of aryl methyl sites for hydroxylation is 1. The van der Waals surface area contributed by atoms with Crippen LogP contribution in [0.15, 0.2) is 36.4 Å². The molecule has 1 aromatic heterocycles. The Hall–Kier alpha value is -1.94. The molecule has 0 atom stereocenters. The van der Waals surface area contributed by atoms with Crippen molar-refractivity contribution in [1.82, 2.24) is 4.57 Å². The molecule has 0 N–H and O–H groups in total. The van der Waals surface area contributed by atoms with Crippen molar-refractivity contribution in [2.45, 2.75) is 27.3 Å². The lowest BCUT2D eigenvalue weighted by Crippen LogP contribution is -2.20. The lowest BCUT2D eigenvalue weighted by atomic mass is 10.1. The third kappa shape index (κ3) is 3.28. The van der Waals surface area contributed by atoms with Crippen LogP contribution >= 0.6 is 0 Å². The molecule has 0 radical (unpaired) electrons. The number of ether oxygens (including phenoxy) is 1. The predicted molar refractivity (Wildman–Crippen MR) is 109 cm³/mol. The zero-order valence-corrected chi connectivity index (χ0v) is 16.3. The first-order valence-corrected chi connectivity index (χ1v) is 10.6. The standard InChI is InChI=1S/C21H26NO2S/c1-5-22-19-10-8-15(21(23)14-25(6-2)7-3)12-17(19)18-13-16(24-4)9-11-20(18)22/h8-13H,5-7,14H2,1-4H3/q+1. The minimum atomic E-state index is 0.194. The highest BCUT2D eigenvalue weighted by Crippen LogP contribution is 2.32. The molecule has 0 fully saturated rings. The highest BCUT2D eigenvalue weighted by molar-refractivity contribution is 7.97. The number of methoxy groups -OCH3 is 1. The lowest BCUT2D eigenvalue weighted by Gasteiger charge is -2.05. The van der Waals surface area contributed by atoms with E-state index in [1.165, 1.54) is 11.0 Å². The highest BCUT2D eigenvalue weighted by atomic mass is 32.2. The molecular weight excluding hydrogens is 330 g/mol. The van der Waals surface area contributed by atoms with Crippen LogP contribution in [-0.4, -0.2) is 34.7 Å². The molecule has 0 amide bonds. The van der Waals surface area contributed by atoms with Gasteiger partial charge in [0.15, 0.2) is 5.75 Å². The first-order valence-electron chi connectivity index (χ1n) is 8.90. The van der Waals surface area contributed by atoms with Crippen LogP contribution in [0.2, 0.25) is 0 Å². The smallest absolute Gasteiger partial charge is 0.211 e. The number of Topliss-reactive ketones (excluding diaryl/α,β-unsaturated/α-hetero) is 1. The third-order valence-corrected chi connectivity index (χ3v) is 7.17. The predicted octanol–water partition coefficient (Wildman–Crippen LogP) is 4.66. The van der Waals surface area contributed by atoms with E-state index in [9.17, 15) is 4.79 Å². The van der Waals surface area contributed by atoms with Gasteiger partial charge < -0.3 is 9.30 Å². The summed E-state index contributed by atoms with van der Waals surface area (Å²) in [6.07, 6.45) is 0. The van der Waals surface area contributed by atoms with Crippen molar-refractivity contribution >= 4 is 38.5 Å². The Morgan fingerprint density at radius 1 is 1.00 bits per heavy atom. The summed E-state index contributed by atoms with van der Waals surface area (Å²) in [5.74, 6) is 3.93. The maximum absolute atomic E-state index is 12.7. The summed E-state index contributed by atoms with van der Waals surface area (Å²) in [6.45, 7) is 7.39. The minimum Gasteiger partial charge on any atom is -0.497 e. The van der Waals surface area contributed by atoms with E-state index in [1.807, 2.05) is 12.1 Å². The van der Waals surface area contributed by atoms with Crippen LogP contribution in [-0.2, 0) is 17.4 Å². The number of hydrogen-bond donors (Lipinski definition) is 0. The Balaban J connectivity index is 2.12. The van der Waals surface area contributed by atoms with E-state index in [4.69, 9.17) is 4.74 Å². The molecule has 0 spiro atoms. The molecule has 0 saturated heterocycles. The van der Waals surface area contributed by atoms with Crippen LogP contribution in [0, 0.1) is 0 Å². The van der Waals surface area contributed by atoms with E-state index < -0.39 is 0 Å². The summed E-state index contributed by atoms with van der Waals surface area (Å²) in [4.78, 5) is 12.7. The molecule has 1 heterocycles. The van der Waals surface area contributed by atoms with Gasteiger partial charge >= 0.3 is 0 Å². The first-order chi connectivity index (χ1) is 12.1. The summed E-state index contributed by atoms with van der Waals surface area (Å²) in [6, 6.07) is 12.3. The Bertz CT molecular complexity index is 909. The average molecular weight is 357 g/mol. The SMILES string of the molecule is CCn1c2ccc(OC)cc2c2cc(C(=O)C[S+](CC)CC)ccc21. The summed E-state index contributed by atoms with van der Waals surface area (Å²) in [5.41, 5.74) is 3.18. The lowest BCUT2D eigenvalue weighted by molar-refractivity contribution is 0.102. The number of rotatable bonds is 7. The normalized spacial score (nSPS) is 11.6. The number of carbonyl (C=O) groups excluding carboxylic acids is 1. The zero-order chi connectivity index (χ0) is 18.0. The van der Waals surface area contributed by atoms with Gasteiger partial charge in [-0.25, -0.2) is 0 Å². The fraction of sp³-hybridized carbons (Fsp3) is 0.381. The highest BCUT2D eigenvalue weighted by Gasteiger charge is 2.20.